The van der Waals surface area contributed by atoms with Crippen molar-refractivity contribution < 1.29 is 39.1 Å². The average molecular weight is 547 g/mol. The zero-order valence-electron chi connectivity index (χ0n) is 24.0. The van der Waals surface area contributed by atoms with E-state index in [1.165, 1.54) is 0 Å². The third-order valence-electron chi connectivity index (χ3n) is 6.46. The normalized spacial score (nSPS) is 12.0. The molecule has 2 rings (SSSR count). The highest BCUT2D eigenvalue weighted by molar-refractivity contribution is 5.73. The number of aryl methyl sites for hydroxylation is 4. The van der Waals surface area contributed by atoms with Crippen LogP contribution in [0.2, 0.25) is 0 Å². The summed E-state index contributed by atoms with van der Waals surface area (Å²) in [6.07, 6.45) is 4.68. The minimum absolute atomic E-state index is 0.0265. The lowest BCUT2D eigenvalue weighted by Crippen LogP contribution is -2.18. The van der Waals surface area contributed by atoms with Gasteiger partial charge in [0.1, 0.15) is 17.2 Å². The number of hydrogen-bond acceptors (Lipinski definition) is 8. The molecule has 218 valence electrons. The maximum Gasteiger partial charge on any atom is 0.314 e. The van der Waals surface area contributed by atoms with E-state index in [1.54, 1.807) is 19.1 Å². The van der Waals surface area contributed by atoms with Crippen molar-refractivity contribution in [2.45, 2.75) is 78.7 Å². The molecule has 0 saturated carbocycles. The molecule has 3 N–H and O–H groups in total. The average Bonchev–Trinajstić information content (AvgIpc) is 2.91. The highest BCUT2D eigenvalue weighted by Gasteiger charge is 2.21. The van der Waals surface area contributed by atoms with Gasteiger partial charge < -0.3 is 34.3 Å². The Morgan fingerprint density at radius 3 is 1.97 bits per heavy atom. The maximum absolute atomic E-state index is 13.1. The molecular weight excluding hydrogens is 500 g/mol. The molecule has 0 bridgehead atoms. The number of benzene rings is 2. The van der Waals surface area contributed by atoms with Crippen molar-refractivity contribution in [1.82, 2.24) is 0 Å². The number of phenols is 2. The van der Waals surface area contributed by atoms with E-state index in [0.29, 0.717) is 37.6 Å². The number of aromatic hydroxyl groups is 2. The summed E-state index contributed by atoms with van der Waals surface area (Å²) >= 11 is 0. The summed E-state index contributed by atoms with van der Waals surface area (Å²) in [5.74, 6) is 0.465. The summed E-state index contributed by atoms with van der Waals surface area (Å²) in [5, 5.41) is 29.7. The Labute approximate surface area is 232 Å². The lowest BCUT2D eigenvalue weighted by molar-refractivity contribution is -0.138. The van der Waals surface area contributed by atoms with Crippen LogP contribution in [0.15, 0.2) is 24.3 Å². The van der Waals surface area contributed by atoms with Gasteiger partial charge in [-0.15, -0.1) is 0 Å². The smallest absolute Gasteiger partial charge is 0.314 e. The number of carbonyl (C=O) groups is 1. The van der Waals surface area contributed by atoms with Gasteiger partial charge in [-0.25, -0.2) is 0 Å². The van der Waals surface area contributed by atoms with Crippen LogP contribution in [0, 0.1) is 13.8 Å². The number of phenolic OH excluding ortho intramolecular Hbond substituents is 2. The second-order valence-corrected chi connectivity index (χ2v) is 9.79. The molecule has 0 spiro atoms. The molecule has 1 atom stereocenters. The Morgan fingerprint density at radius 2 is 1.36 bits per heavy atom. The monoisotopic (exact) mass is 546 g/mol. The van der Waals surface area contributed by atoms with Crippen LogP contribution >= 0.6 is 0 Å². The minimum Gasteiger partial charge on any atom is -0.507 e. The zero-order chi connectivity index (χ0) is 28.6. The molecular formula is C31H46O8. The number of aliphatic hydroxyl groups excluding tert-OH is 1. The fourth-order valence-corrected chi connectivity index (χ4v) is 4.29. The van der Waals surface area contributed by atoms with E-state index >= 15 is 0 Å². The Bertz CT molecular complexity index is 1020. The van der Waals surface area contributed by atoms with Gasteiger partial charge in [0, 0.05) is 0 Å². The summed E-state index contributed by atoms with van der Waals surface area (Å²) in [6.45, 7) is 9.37. The van der Waals surface area contributed by atoms with Gasteiger partial charge in [-0.2, -0.15) is 0 Å². The number of esters is 1. The molecule has 0 aromatic heterocycles. The van der Waals surface area contributed by atoms with Gasteiger partial charge in [0.15, 0.2) is 0 Å². The van der Waals surface area contributed by atoms with Crippen LogP contribution < -0.4 is 4.74 Å². The molecule has 39 heavy (non-hydrogen) atoms. The fourth-order valence-electron chi connectivity index (χ4n) is 4.29. The topological polar surface area (TPSA) is 115 Å². The number of unbranched alkanes of at least 4 members (excludes halogenated alkanes) is 2. The van der Waals surface area contributed by atoms with Crippen molar-refractivity contribution in [2.75, 3.05) is 39.6 Å². The molecule has 0 aliphatic carbocycles. The predicted molar refractivity (Wildman–Crippen MR) is 151 cm³/mol. The second-order valence-electron chi connectivity index (χ2n) is 9.79. The molecule has 0 amide bonds. The standard InChI is InChI=1S/C31H46O8/c1-5-7-9-24-19-26(17-22(3)30(24)34)28(38-16-15-37-14-13-36-12-11-32)21-29(33)39-27-18-23(4)31(35)25(20-27)10-8-6-2/h17-20,28,32,34-35H,5-16,21H2,1-4H3. The van der Waals surface area contributed by atoms with Crippen molar-refractivity contribution in [3.05, 3.63) is 52.1 Å². The predicted octanol–water partition coefficient (Wildman–Crippen LogP) is 5.48. The Kier molecular flexibility index (Phi) is 14.9. The van der Waals surface area contributed by atoms with Crippen LogP contribution in [-0.4, -0.2) is 60.9 Å². The number of hydrogen-bond donors (Lipinski definition) is 3. The molecule has 0 aliphatic rings. The van der Waals surface area contributed by atoms with Crippen molar-refractivity contribution in [3.63, 3.8) is 0 Å². The highest BCUT2D eigenvalue weighted by Crippen LogP contribution is 2.33. The van der Waals surface area contributed by atoms with Crippen molar-refractivity contribution in [1.29, 1.82) is 0 Å². The first kappa shape index (κ1) is 32.6. The Hall–Kier alpha value is -2.65. The van der Waals surface area contributed by atoms with Crippen LogP contribution in [0.25, 0.3) is 0 Å². The van der Waals surface area contributed by atoms with Crippen LogP contribution in [0.1, 0.15) is 79.9 Å². The summed E-state index contributed by atoms with van der Waals surface area (Å²) < 4.78 is 22.5. The molecule has 0 radical (unpaired) electrons. The van der Waals surface area contributed by atoms with E-state index < -0.39 is 12.1 Å². The van der Waals surface area contributed by atoms with E-state index in [0.717, 1.165) is 54.4 Å². The molecule has 2 aromatic carbocycles. The van der Waals surface area contributed by atoms with Crippen LogP contribution in [0.5, 0.6) is 17.2 Å². The van der Waals surface area contributed by atoms with Gasteiger partial charge in [-0.05, 0) is 91.6 Å². The van der Waals surface area contributed by atoms with Gasteiger partial charge in [0.2, 0.25) is 0 Å². The first-order valence-corrected chi connectivity index (χ1v) is 14.0. The van der Waals surface area contributed by atoms with Crippen LogP contribution in [0.3, 0.4) is 0 Å². The largest absolute Gasteiger partial charge is 0.507 e. The fraction of sp³-hybridized carbons (Fsp3) is 0.581. The van der Waals surface area contributed by atoms with Gasteiger partial charge in [-0.3, -0.25) is 4.79 Å². The van der Waals surface area contributed by atoms with Gasteiger partial charge >= 0.3 is 5.97 Å². The highest BCUT2D eigenvalue weighted by atomic mass is 16.6. The molecule has 0 aliphatic heterocycles. The lowest BCUT2D eigenvalue weighted by Gasteiger charge is -2.20. The first-order valence-electron chi connectivity index (χ1n) is 14.0. The molecule has 2 aromatic rings. The molecule has 0 heterocycles. The molecule has 8 heteroatoms. The van der Waals surface area contributed by atoms with Crippen molar-refractivity contribution >= 4 is 5.97 Å². The summed E-state index contributed by atoms with van der Waals surface area (Å²) in [7, 11) is 0. The SMILES string of the molecule is CCCCc1cc(OC(=O)CC(OCCOCCOCCO)c2cc(C)c(O)c(CCCC)c2)cc(C)c1O. The van der Waals surface area contributed by atoms with Crippen molar-refractivity contribution in [2.24, 2.45) is 0 Å². The number of rotatable bonds is 19. The van der Waals surface area contributed by atoms with E-state index in [2.05, 4.69) is 13.8 Å². The Morgan fingerprint density at radius 1 is 0.795 bits per heavy atom. The zero-order valence-corrected chi connectivity index (χ0v) is 24.0. The van der Waals surface area contributed by atoms with E-state index in [9.17, 15) is 15.0 Å². The lowest BCUT2D eigenvalue weighted by atomic mass is 9.96. The number of ether oxygens (including phenoxy) is 4. The second kappa shape index (κ2) is 17.8. The molecule has 8 nitrogen and oxygen atoms in total. The Balaban J connectivity index is 2.15. The maximum atomic E-state index is 13.1. The van der Waals surface area contributed by atoms with Gasteiger partial charge in [0.05, 0.1) is 52.2 Å². The number of carbonyl (C=O) groups excluding carboxylic acids is 1. The third-order valence-corrected chi connectivity index (χ3v) is 6.46. The first-order chi connectivity index (χ1) is 18.8. The molecule has 0 saturated heterocycles. The minimum atomic E-state index is -0.593. The van der Waals surface area contributed by atoms with E-state index in [-0.39, 0.29) is 37.7 Å². The summed E-state index contributed by atoms with van der Waals surface area (Å²) in [4.78, 5) is 13.1. The van der Waals surface area contributed by atoms with Gasteiger partial charge in [-0.1, -0.05) is 26.7 Å². The van der Waals surface area contributed by atoms with E-state index in [1.807, 2.05) is 19.1 Å². The van der Waals surface area contributed by atoms with Crippen LogP contribution in [0.4, 0.5) is 0 Å². The quantitative estimate of drug-likeness (QED) is 0.121. The third kappa shape index (κ3) is 11.2. The van der Waals surface area contributed by atoms with Crippen LogP contribution in [-0.2, 0) is 31.8 Å². The molecule has 0 fully saturated rings. The van der Waals surface area contributed by atoms with Crippen molar-refractivity contribution in [3.8, 4) is 17.2 Å². The molecule has 1 unspecified atom stereocenters. The van der Waals surface area contributed by atoms with E-state index in [4.69, 9.17) is 24.1 Å². The van der Waals surface area contributed by atoms with Gasteiger partial charge in [0.25, 0.3) is 0 Å². The summed E-state index contributed by atoms with van der Waals surface area (Å²) in [6, 6.07) is 7.15. The summed E-state index contributed by atoms with van der Waals surface area (Å²) in [5.41, 5.74) is 3.79. The number of aliphatic hydroxyl groups is 1.